The Kier molecular flexibility index (Phi) is 11.7. The Hall–Kier alpha value is -1.26. The number of hydrogen-bond donors (Lipinski definition) is 1. The van der Waals surface area contributed by atoms with Gasteiger partial charge in [0.05, 0.1) is 20.2 Å². The SMILES string of the molecule is CCNC(=NCC1(N(C)C)CCOCC1)N(C)CCOc1ccc(OC)cc1.I. The summed E-state index contributed by atoms with van der Waals surface area (Å²) in [6.07, 6.45) is 2.01. The number of guanidine groups is 1. The van der Waals surface area contributed by atoms with E-state index in [-0.39, 0.29) is 29.5 Å². The zero-order valence-electron chi connectivity index (χ0n) is 18.4. The van der Waals surface area contributed by atoms with Crippen molar-refractivity contribution >= 4 is 29.9 Å². The molecule has 2 rings (SSSR count). The van der Waals surface area contributed by atoms with Crippen molar-refractivity contribution < 1.29 is 14.2 Å². The summed E-state index contributed by atoms with van der Waals surface area (Å²) in [5.74, 6) is 2.58. The summed E-state index contributed by atoms with van der Waals surface area (Å²) in [6, 6.07) is 7.65. The second-order valence-corrected chi connectivity index (χ2v) is 7.35. The van der Waals surface area contributed by atoms with E-state index in [0.29, 0.717) is 6.61 Å². The second kappa shape index (κ2) is 13.1. The van der Waals surface area contributed by atoms with E-state index in [9.17, 15) is 0 Å². The molecule has 1 saturated heterocycles. The normalized spacial score (nSPS) is 16.1. The fraction of sp³-hybridized carbons (Fsp3) is 0.667. The van der Waals surface area contributed by atoms with Crippen LogP contribution in [0.25, 0.3) is 0 Å². The molecule has 29 heavy (non-hydrogen) atoms. The van der Waals surface area contributed by atoms with Crippen LogP contribution in [0.4, 0.5) is 0 Å². The number of methoxy groups -OCH3 is 1. The van der Waals surface area contributed by atoms with Gasteiger partial charge in [-0.15, -0.1) is 24.0 Å². The highest BCUT2D eigenvalue weighted by molar-refractivity contribution is 14.0. The molecule has 0 bridgehead atoms. The van der Waals surface area contributed by atoms with Crippen LogP contribution < -0.4 is 14.8 Å². The summed E-state index contributed by atoms with van der Waals surface area (Å²) in [4.78, 5) is 9.36. The van der Waals surface area contributed by atoms with Crippen LogP contribution in [-0.4, -0.2) is 89.0 Å². The van der Waals surface area contributed by atoms with Crippen molar-refractivity contribution in [1.29, 1.82) is 0 Å². The topological polar surface area (TPSA) is 58.6 Å². The number of benzene rings is 1. The van der Waals surface area contributed by atoms with Crippen molar-refractivity contribution in [2.75, 3.05) is 67.7 Å². The standard InChI is InChI=1S/C21H36N4O3.HI/c1-6-22-20(23-17-21(24(2)3)11-14-27-15-12-21)25(4)13-16-28-19-9-7-18(26-5)8-10-19;/h7-10H,6,11-17H2,1-5H3,(H,22,23);1H. The van der Waals surface area contributed by atoms with Gasteiger partial charge in [0, 0.05) is 32.3 Å². The molecule has 0 atom stereocenters. The monoisotopic (exact) mass is 520 g/mol. The lowest BCUT2D eigenvalue weighted by Crippen LogP contribution is -2.52. The first-order chi connectivity index (χ1) is 13.5. The predicted molar refractivity (Wildman–Crippen MR) is 129 cm³/mol. The molecule has 0 spiro atoms. The molecule has 1 aliphatic rings. The molecular weight excluding hydrogens is 483 g/mol. The molecule has 0 amide bonds. The summed E-state index contributed by atoms with van der Waals surface area (Å²) >= 11 is 0. The zero-order chi connectivity index (χ0) is 20.4. The van der Waals surface area contributed by atoms with E-state index in [2.05, 4.69) is 36.1 Å². The molecular formula is C21H37IN4O3. The van der Waals surface area contributed by atoms with Gasteiger partial charge < -0.3 is 29.3 Å². The largest absolute Gasteiger partial charge is 0.497 e. The first-order valence-corrected chi connectivity index (χ1v) is 10.0. The molecule has 1 heterocycles. The molecule has 1 aromatic rings. The number of nitrogens with one attached hydrogen (secondary N) is 1. The molecule has 0 unspecified atom stereocenters. The lowest BCUT2D eigenvalue weighted by molar-refractivity contribution is -0.00263. The third kappa shape index (κ3) is 7.82. The van der Waals surface area contributed by atoms with Crippen LogP contribution in [0.15, 0.2) is 29.3 Å². The van der Waals surface area contributed by atoms with Crippen molar-refractivity contribution in [3.05, 3.63) is 24.3 Å². The van der Waals surface area contributed by atoms with Gasteiger partial charge in [0.1, 0.15) is 18.1 Å². The van der Waals surface area contributed by atoms with Crippen molar-refractivity contribution in [3.8, 4) is 11.5 Å². The Bertz CT molecular complexity index is 604. The maximum Gasteiger partial charge on any atom is 0.193 e. The number of hydrogen-bond acceptors (Lipinski definition) is 5. The summed E-state index contributed by atoms with van der Waals surface area (Å²) < 4.78 is 16.6. The summed E-state index contributed by atoms with van der Waals surface area (Å²) in [5, 5.41) is 3.40. The Morgan fingerprint density at radius 3 is 2.31 bits per heavy atom. The minimum Gasteiger partial charge on any atom is -0.497 e. The first-order valence-electron chi connectivity index (χ1n) is 10.0. The third-order valence-electron chi connectivity index (χ3n) is 5.35. The minimum absolute atomic E-state index is 0. The van der Waals surface area contributed by atoms with Crippen LogP contribution in [0.5, 0.6) is 11.5 Å². The molecule has 0 saturated carbocycles. The maximum atomic E-state index is 5.85. The molecule has 0 aliphatic carbocycles. The summed E-state index contributed by atoms with van der Waals surface area (Å²) in [6.45, 7) is 6.62. The number of rotatable bonds is 9. The van der Waals surface area contributed by atoms with E-state index in [1.54, 1.807) is 7.11 Å². The van der Waals surface area contributed by atoms with Gasteiger partial charge in [0.25, 0.3) is 0 Å². The van der Waals surface area contributed by atoms with Gasteiger partial charge in [-0.25, -0.2) is 0 Å². The number of likely N-dealkylation sites (N-methyl/N-ethyl adjacent to an activating group) is 2. The van der Waals surface area contributed by atoms with E-state index < -0.39 is 0 Å². The van der Waals surface area contributed by atoms with Crippen LogP contribution in [-0.2, 0) is 4.74 Å². The average molecular weight is 520 g/mol. The van der Waals surface area contributed by atoms with Gasteiger partial charge in [-0.1, -0.05) is 0 Å². The first kappa shape index (κ1) is 25.8. The Labute approximate surface area is 192 Å². The van der Waals surface area contributed by atoms with Gasteiger partial charge >= 0.3 is 0 Å². The van der Waals surface area contributed by atoms with E-state index in [1.807, 2.05) is 31.3 Å². The molecule has 1 N–H and O–H groups in total. The molecule has 1 aromatic carbocycles. The highest BCUT2D eigenvalue weighted by Gasteiger charge is 2.34. The van der Waals surface area contributed by atoms with Gasteiger partial charge in [-0.05, 0) is 58.1 Å². The van der Waals surface area contributed by atoms with Crippen LogP contribution >= 0.6 is 24.0 Å². The van der Waals surface area contributed by atoms with Gasteiger partial charge in [-0.2, -0.15) is 0 Å². The van der Waals surface area contributed by atoms with E-state index in [4.69, 9.17) is 19.2 Å². The van der Waals surface area contributed by atoms with E-state index in [0.717, 1.165) is 63.1 Å². The molecule has 8 heteroatoms. The Morgan fingerprint density at radius 2 is 1.76 bits per heavy atom. The van der Waals surface area contributed by atoms with Gasteiger partial charge in [0.2, 0.25) is 0 Å². The smallest absolute Gasteiger partial charge is 0.193 e. The molecule has 166 valence electrons. The zero-order valence-corrected chi connectivity index (χ0v) is 20.8. The number of ether oxygens (including phenoxy) is 3. The Balaban J connectivity index is 0.00000420. The number of nitrogens with zero attached hydrogens (tertiary/aromatic N) is 3. The minimum atomic E-state index is 0. The van der Waals surface area contributed by atoms with E-state index in [1.165, 1.54) is 0 Å². The lowest BCUT2D eigenvalue weighted by Gasteiger charge is -2.42. The van der Waals surface area contributed by atoms with Crippen LogP contribution in [0, 0.1) is 0 Å². The molecule has 0 radical (unpaired) electrons. The Morgan fingerprint density at radius 1 is 1.14 bits per heavy atom. The molecule has 0 aromatic heterocycles. The summed E-state index contributed by atoms with van der Waals surface area (Å²) in [7, 11) is 7.98. The number of aliphatic imine (C=N–C) groups is 1. The molecule has 1 fully saturated rings. The van der Waals surface area contributed by atoms with Crippen molar-refractivity contribution in [1.82, 2.24) is 15.1 Å². The van der Waals surface area contributed by atoms with Crippen molar-refractivity contribution in [2.45, 2.75) is 25.3 Å². The van der Waals surface area contributed by atoms with Gasteiger partial charge in [-0.3, -0.25) is 4.99 Å². The maximum absolute atomic E-state index is 5.85. The molecule has 7 nitrogen and oxygen atoms in total. The average Bonchev–Trinajstić information content (AvgIpc) is 2.72. The van der Waals surface area contributed by atoms with Gasteiger partial charge in [0.15, 0.2) is 5.96 Å². The quantitative estimate of drug-likeness (QED) is 0.307. The fourth-order valence-electron chi connectivity index (χ4n) is 3.27. The molecule has 1 aliphatic heterocycles. The van der Waals surface area contributed by atoms with Crippen molar-refractivity contribution in [3.63, 3.8) is 0 Å². The van der Waals surface area contributed by atoms with E-state index >= 15 is 0 Å². The second-order valence-electron chi connectivity index (χ2n) is 7.35. The highest BCUT2D eigenvalue weighted by Crippen LogP contribution is 2.26. The number of halogens is 1. The van der Waals surface area contributed by atoms with Crippen LogP contribution in [0.2, 0.25) is 0 Å². The summed E-state index contributed by atoms with van der Waals surface area (Å²) in [5.41, 5.74) is 0.0688. The van der Waals surface area contributed by atoms with Crippen LogP contribution in [0.3, 0.4) is 0 Å². The predicted octanol–water partition coefficient (Wildman–Crippen LogP) is 2.70. The third-order valence-corrected chi connectivity index (χ3v) is 5.35. The highest BCUT2D eigenvalue weighted by atomic mass is 127. The fourth-order valence-corrected chi connectivity index (χ4v) is 3.27. The lowest BCUT2D eigenvalue weighted by atomic mass is 9.89. The van der Waals surface area contributed by atoms with Crippen LogP contribution in [0.1, 0.15) is 19.8 Å². The van der Waals surface area contributed by atoms with Crippen molar-refractivity contribution in [2.24, 2.45) is 4.99 Å².